The van der Waals surface area contributed by atoms with Crippen molar-refractivity contribution in [3.8, 4) is 0 Å². The van der Waals surface area contributed by atoms with Crippen LogP contribution in [-0.4, -0.2) is 45.8 Å². The zero-order valence-corrected chi connectivity index (χ0v) is 10.7. The van der Waals surface area contributed by atoms with Crippen molar-refractivity contribution in [3.05, 3.63) is 11.5 Å². The number of nitrogens with one attached hydrogen (secondary N) is 1. The van der Waals surface area contributed by atoms with E-state index < -0.39 is 0 Å². The van der Waals surface area contributed by atoms with Gasteiger partial charge in [0.05, 0.1) is 6.20 Å². The lowest BCUT2D eigenvalue weighted by Crippen LogP contribution is -2.35. The largest absolute Gasteiger partial charge is 0.365 e. The van der Waals surface area contributed by atoms with Crippen molar-refractivity contribution in [2.24, 2.45) is 0 Å². The van der Waals surface area contributed by atoms with Crippen molar-refractivity contribution in [3.63, 3.8) is 0 Å². The molecule has 0 radical (unpaired) electrons. The highest BCUT2D eigenvalue weighted by molar-refractivity contribution is 6.28. The van der Waals surface area contributed by atoms with Crippen LogP contribution in [0, 0.1) is 0 Å². The second-order valence-corrected chi connectivity index (χ2v) is 3.98. The summed E-state index contributed by atoms with van der Waals surface area (Å²) in [6.45, 7) is 9.47. The molecule has 0 aliphatic rings. The fraction of sp³-hybridized carbons (Fsp3) is 0.700. The molecule has 1 aromatic heterocycles. The molecule has 0 amide bonds. The lowest BCUT2D eigenvalue weighted by Gasteiger charge is -2.23. The van der Waals surface area contributed by atoms with Gasteiger partial charge in [-0.2, -0.15) is 10.1 Å². The molecule has 0 saturated heterocycles. The topological polar surface area (TPSA) is 53.9 Å². The van der Waals surface area contributed by atoms with Crippen LogP contribution in [-0.2, 0) is 0 Å². The van der Waals surface area contributed by atoms with Crippen LogP contribution in [0.25, 0.3) is 0 Å². The molecule has 1 N–H and O–H groups in total. The van der Waals surface area contributed by atoms with E-state index in [0.29, 0.717) is 11.9 Å². The minimum atomic E-state index is 0.167. The molecular weight excluding hydrogens is 226 g/mol. The molecule has 16 heavy (non-hydrogen) atoms. The summed E-state index contributed by atoms with van der Waals surface area (Å²) in [6, 6.07) is 0.299. The predicted molar refractivity (Wildman–Crippen MR) is 65.7 cm³/mol. The van der Waals surface area contributed by atoms with E-state index in [2.05, 4.69) is 46.2 Å². The average molecular weight is 244 g/mol. The summed E-state index contributed by atoms with van der Waals surface area (Å²) in [7, 11) is 0. The number of likely N-dealkylation sites (N-methyl/N-ethyl adjacent to an activating group) is 1. The Hall–Kier alpha value is -0.940. The maximum absolute atomic E-state index is 5.65. The summed E-state index contributed by atoms with van der Waals surface area (Å²) < 4.78 is 0. The number of hydrogen-bond donors (Lipinski definition) is 1. The molecule has 1 heterocycles. The number of aromatic nitrogens is 3. The van der Waals surface area contributed by atoms with E-state index in [4.69, 9.17) is 11.6 Å². The van der Waals surface area contributed by atoms with Gasteiger partial charge in [0.15, 0.2) is 0 Å². The minimum absolute atomic E-state index is 0.167. The smallest absolute Gasteiger partial charge is 0.244 e. The summed E-state index contributed by atoms with van der Waals surface area (Å²) in [6.07, 6.45) is 1.57. The lowest BCUT2D eigenvalue weighted by molar-refractivity contribution is 0.294. The number of nitrogens with zero attached hydrogens (tertiary/aromatic N) is 4. The summed E-state index contributed by atoms with van der Waals surface area (Å²) >= 11 is 5.65. The highest BCUT2D eigenvalue weighted by atomic mass is 35.5. The Labute approximate surface area is 101 Å². The summed E-state index contributed by atoms with van der Waals surface area (Å²) in [5.74, 6) is 0.666. The summed E-state index contributed by atoms with van der Waals surface area (Å²) in [4.78, 5) is 6.38. The molecule has 0 spiro atoms. The van der Waals surface area contributed by atoms with Crippen molar-refractivity contribution in [2.75, 3.05) is 25.0 Å². The number of anilines is 1. The first-order chi connectivity index (χ1) is 7.65. The van der Waals surface area contributed by atoms with Gasteiger partial charge in [-0.15, -0.1) is 5.10 Å². The molecule has 0 bridgehead atoms. The predicted octanol–water partition coefficient (Wildman–Crippen LogP) is 1.67. The molecule has 6 heteroatoms. The zero-order valence-electron chi connectivity index (χ0n) is 9.94. The van der Waals surface area contributed by atoms with Crippen LogP contribution in [0.1, 0.15) is 20.8 Å². The number of halogens is 1. The Morgan fingerprint density at radius 3 is 2.69 bits per heavy atom. The van der Waals surface area contributed by atoms with Crippen molar-refractivity contribution >= 4 is 17.4 Å². The van der Waals surface area contributed by atoms with Gasteiger partial charge in [-0.05, 0) is 31.6 Å². The van der Waals surface area contributed by atoms with Crippen LogP contribution < -0.4 is 5.32 Å². The van der Waals surface area contributed by atoms with E-state index in [9.17, 15) is 0 Å². The SMILES string of the molecule is CCN(CC)CC(C)Nc1cnnc(Cl)n1. The average Bonchev–Trinajstić information content (AvgIpc) is 2.26. The molecule has 0 fully saturated rings. The molecule has 0 aliphatic carbocycles. The van der Waals surface area contributed by atoms with Crippen molar-refractivity contribution in [2.45, 2.75) is 26.8 Å². The van der Waals surface area contributed by atoms with E-state index in [-0.39, 0.29) is 5.28 Å². The van der Waals surface area contributed by atoms with Crippen LogP contribution >= 0.6 is 11.6 Å². The third-order valence-corrected chi connectivity index (χ3v) is 2.51. The quantitative estimate of drug-likeness (QED) is 0.824. The molecular formula is C10H18ClN5. The van der Waals surface area contributed by atoms with Gasteiger partial charge in [0.1, 0.15) is 5.82 Å². The van der Waals surface area contributed by atoms with Crippen molar-refractivity contribution in [1.82, 2.24) is 20.1 Å². The van der Waals surface area contributed by atoms with Crippen molar-refractivity contribution in [1.29, 1.82) is 0 Å². The second-order valence-electron chi connectivity index (χ2n) is 3.64. The molecule has 0 saturated carbocycles. The van der Waals surface area contributed by atoms with Crippen LogP contribution in [0.4, 0.5) is 5.82 Å². The maximum atomic E-state index is 5.65. The third-order valence-electron chi connectivity index (χ3n) is 2.35. The van der Waals surface area contributed by atoms with Gasteiger partial charge in [-0.25, -0.2) is 0 Å². The van der Waals surface area contributed by atoms with Crippen LogP contribution in [0.3, 0.4) is 0 Å². The molecule has 1 atom stereocenters. The van der Waals surface area contributed by atoms with Gasteiger partial charge in [0.2, 0.25) is 5.28 Å². The van der Waals surface area contributed by atoms with Gasteiger partial charge in [0.25, 0.3) is 0 Å². The van der Waals surface area contributed by atoms with E-state index in [1.807, 2.05) is 0 Å². The first kappa shape index (κ1) is 13.1. The molecule has 5 nitrogen and oxygen atoms in total. The van der Waals surface area contributed by atoms with Gasteiger partial charge in [-0.3, -0.25) is 0 Å². The van der Waals surface area contributed by atoms with Crippen molar-refractivity contribution < 1.29 is 0 Å². The van der Waals surface area contributed by atoms with E-state index in [1.54, 1.807) is 6.20 Å². The highest BCUT2D eigenvalue weighted by Gasteiger charge is 2.08. The Kier molecular flexibility index (Phi) is 5.42. The van der Waals surface area contributed by atoms with Gasteiger partial charge >= 0.3 is 0 Å². The Morgan fingerprint density at radius 2 is 2.12 bits per heavy atom. The first-order valence-electron chi connectivity index (χ1n) is 5.49. The van der Waals surface area contributed by atoms with E-state index in [1.165, 1.54) is 0 Å². The number of rotatable bonds is 6. The minimum Gasteiger partial charge on any atom is -0.365 e. The molecule has 90 valence electrons. The first-order valence-corrected chi connectivity index (χ1v) is 5.87. The van der Waals surface area contributed by atoms with Crippen LogP contribution in [0.15, 0.2) is 6.20 Å². The van der Waals surface area contributed by atoms with Gasteiger partial charge in [0, 0.05) is 12.6 Å². The molecule has 0 aliphatic heterocycles. The summed E-state index contributed by atoms with van der Waals surface area (Å²) in [5.41, 5.74) is 0. The van der Waals surface area contributed by atoms with Crippen LogP contribution in [0.5, 0.6) is 0 Å². The monoisotopic (exact) mass is 243 g/mol. The maximum Gasteiger partial charge on any atom is 0.244 e. The standard InChI is InChI=1S/C10H18ClN5/c1-4-16(5-2)7-8(3)13-9-6-12-15-10(11)14-9/h6,8H,4-5,7H2,1-3H3,(H,13,14,15). The molecule has 1 unspecified atom stereocenters. The van der Waals surface area contributed by atoms with E-state index in [0.717, 1.165) is 19.6 Å². The fourth-order valence-electron chi connectivity index (χ4n) is 1.52. The van der Waals surface area contributed by atoms with E-state index >= 15 is 0 Å². The normalized spacial score (nSPS) is 12.8. The highest BCUT2D eigenvalue weighted by Crippen LogP contribution is 2.06. The lowest BCUT2D eigenvalue weighted by atomic mass is 10.3. The number of hydrogen-bond acceptors (Lipinski definition) is 5. The Bertz CT molecular complexity index is 316. The van der Waals surface area contributed by atoms with Gasteiger partial charge < -0.3 is 10.2 Å². The molecule has 1 rings (SSSR count). The van der Waals surface area contributed by atoms with Gasteiger partial charge in [-0.1, -0.05) is 13.8 Å². The Morgan fingerprint density at radius 1 is 1.44 bits per heavy atom. The molecule has 0 aromatic carbocycles. The van der Waals surface area contributed by atoms with Crippen LogP contribution in [0.2, 0.25) is 5.28 Å². The fourth-order valence-corrected chi connectivity index (χ4v) is 1.65. The summed E-state index contributed by atoms with van der Waals surface area (Å²) in [5, 5.41) is 10.7. The third kappa shape index (κ3) is 4.28. The second kappa shape index (κ2) is 6.60. The molecule has 1 aromatic rings. The zero-order chi connectivity index (χ0) is 12.0. The Balaban J connectivity index is 2.47.